The Kier molecular flexibility index (Phi) is 7.59. The lowest BCUT2D eigenvalue weighted by atomic mass is 10.1. The Bertz CT molecular complexity index is 548. The van der Waals surface area contributed by atoms with Crippen molar-refractivity contribution >= 4 is 29.3 Å². The SMILES string of the molecule is CCN1CCCC(OC(=O)CSCC(=O)Nc2ccc(C)cc2)C1. The van der Waals surface area contributed by atoms with Crippen LogP contribution in [0.1, 0.15) is 25.3 Å². The van der Waals surface area contributed by atoms with Crippen LogP contribution in [0.3, 0.4) is 0 Å². The highest BCUT2D eigenvalue weighted by molar-refractivity contribution is 8.00. The number of nitrogens with zero attached hydrogens (tertiary/aromatic N) is 1. The van der Waals surface area contributed by atoms with Crippen LogP contribution in [0.4, 0.5) is 5.69 Å². The van der Waals surface area contributed by atoms with E-state index in [0.29, 0.717) is 0 Å². The van der Waals surface area contributed by atoms with Gasteiger partial charge in [0.25, 0.3) is 0 Å². The topological polar surface area (TPSA) is 58.6 Å². The molecule has 1 N–H and O–H groups in total. The summed E-state index contributed by atoms with van der Waals surface area (Å²) in [6.45, 7) is 7.01. The van der Waals surface area contributed by atoms with Gasteiger partial charge >= 0.3 is 5.97 Å². The molecule has 2 rings (SSSR count). The number of carbonyl (C=O) groups excluding carboxylic acids is 2. The highest BCUT2D eigenvalue weighted by Gasteiger charge is 2.22. The van der Waals surface area contributed by atoms with E-state index in [9.17, 15) is 9.59 Å². The molecule has 0 spiro atoms. The minimum absolute atomic E-state index is 0.00631. The molecule has 5 nitrogen and oxygen atoms in total. The number of hydrogen-bond acceptors (Lipinski definition) is 5. The highest BCUT2D eigenvalue weighted by atomic mass is 32.2. The smallest absolute Gasteiger partial charge is 0.316 e. The number of piperidine rings is 1. The number of hydrogen-bond donors (Lipinski definition) is 1. The lowest BCUT2D eigenvalue weighted by Crippen LogP contribution is -2.40. The van der Waals surface area contributed by atoms with Crippen molar-refractivity contribution in [2.75, 3.05) is 36.5 Å². The van der Waals surface area contributed by atoms with E-state index < -0.39 is 0 Å². The van der Waals surface area contributed by atoms with Gasteiger partial charge in [-0.05, 0) is 45.0 Å². The first-order chi connectivity index (χ1) is 11.6. The fourth-order valence-corrected chi connectivity index (χ4v) is 3.27. The summed E-state index contributed by atoms with van der Waals surface area (Å²) in [5, 5.41) is 2.82. The summed E-state index contributed by atoms with van der Waals surface area (Å²) in [5.74, 6) is 0.121. The minimum Gasteiger partial charge on any atom is -0.460 e. The maximum Gasteiger partial charge on any atom is 0.316 e. The molecule has 1 fully saturated rings. The van der Waals surface area contributed by atoms with Gasteiger partial charge in [0, 0.05) is 12.2 Å². The van der Waals surface area contributed by atoms with Crippen LogP contribution in [0.5, 0.6) is 0 Å². The standard InChI is InChI=1S/C18H26N2O3S/c1-3-20-10-4-5-16(11-20)23-18(22)13-24-12-17(21)19-15-8-6-14(2)7-9-15/h6-9,16H,3-5,10-13H2,1-2H3,(H,19,21). The zero-order chi connectivity index (χ0) is 17.4. The number of esters is 1. The number of ether oxygens (including phenoxy) is 1. The van der Waals surface area contributed by atoms with Gasteiger partial charge in [-0.25, -0.2) is 0 Å². The molecule has 1 heterocycles. The molecule has 1 saturated heterocycles. The molecule has 1 amide bonds. The van der Waals surface area contributed by atoms with E-state index in [4.69, 9.17) is 4.74 Å². The Morgan fingerprint density at radius 2 is 2.04 bits per heavy atom. The number of rotatable bonds is 7. The van der Waals surface area contributed by atoms with Gasteiger partial charge in [-0.3, -0.25) is 14.5 Å². The van der Waals surface area contributed by atoms with E-state index in [-0.39, 0.29) is 29.5 Å². The average Bonchev–Trinajstić information content (AvgIpc) is 2.57. The van der Waals surface area contributed by atoms with E-state index >= 15 is 0 Å². The van der Waals surface area contributed by atoms with E-state index in [1.165, 1.54) is 11.8 Å². The van der Waals surface area contributed by atoms with Crippen molar-refractivity contribution in [3.63, 3.8) is 0 Å². The van der Waals surface area contributed by atoms with Crippen LogP contribution in [0.15, 0.2) is 24.3 Å². The van der Waals surface area contributed by atoms with Crippen LogP contribution < -0.4 is 5.32 Å². The molecule has 0 radical (unpaired) electrons. The molecule has 1 aliphatic rings. The largest absolute Gasteiger partial charge is 0.460 e. The number of amides is 1. The maximum absolute atomic E-state index is 11.9. The lowest BCUT2D eigenvalue weighted by Gasteiger charge is -2.31. The quantitative estimate of drug-likeness (QED) is 0.766. The van der Waals surface area contributed by atoms with Gasteiger partial charge in [-0.1, -0.05) is 24.6 Å². The van der Waals surface area contributed by atoms with Gasteiger partial charge in [-0.15, -0.1) is 11.8 Å². The Hall–Kier alpha value is -1.53. The third-order valence-corrected chi connectivity index (χ3v) is 4.90. The van der Waals surface area contributed by atoms with Crippen molar-refractivity contribution in [2.24, 2.45) is 0 Å². The van der Waals surface area contributed by atoms with Gasteiger partial charge in [0.1, 0.15) is 6.10 Å². The van der Waals surface area contributed by atoms with Crippen LogP contribution >= 0.6 is 11.8 Å². The van der Waals surface area contributed by atoms with Crippen LogP contribution in [-0.2, 0) is 14.3 Å². The first kappa shape index (κ1) is 18.8. The molecule has 0 saturated carbocycles. The van der Waals surface area contributed by atoms with Crippen molar-refractivity contribution in [1.29, 1.82) is 0 Å². The Balaban J connectivity index is 1.63. The number of thioether (sulfide) groups is 1. The summed E-state index contributed by atoms with van der Waals surface area (Å²) in [6, 6.07) is 7.64. The molecule has 24 heavy (non-hydrogen) atoms. The van der Waals surface area contributed by atoms with E-state index in [0.717, 1.165) is 43.7 Å². The van der Waals surface area contributed by atoms with Gasteiger partial charge in [0.15, 0.2) is 0 Å². The number of aryl methyl sites for hydroxylation is 1. The number of likely N-dealkylation sites (tertiary alicyclic amines) is 1. The molecule has 0 aromatic heterocycles. The van der Waals surface area contributed by atoms with Crippen molar-refractivity contribution in [3.05, 3.63) is 29.8 Å². The van der Waals surface area contributed by atoms with Gasteiger partial charge in [-0.2, -0.15) is 0 Å². The zero-order valence-corrected chi connectivity index (χ0v) is 15.2. The number of nitrogens with one attached hydrogen (secondary N) is 1. The molecule has 1 aliphatic heterocycles. The van der Waals surface area contributed by atoms with E-state index in [1.807, 2.05) is 31.2 Å². The molecular weight excluding hydrogens is 324 g/mol. The fourth-order valence-electron chi connectivity index (χ4n) is 2.68. The maximum atomic E-state index is 11.9. The lowest BCUT2D eigenvalue weighted by molar-refractivity contribution is -0.148. The van der Waals surface area contributed by atoms with Gasteiger partial charge in [0.2, 0.25) is 5.91 Å². The molecular formula is C18H26N2O3S. The Labute approximate surface area is 148 Å². The second-order valence-corrected chi connectivity index (χ2v) is 7.04. The highest BCUT2D eigenvalue weighted by Crippen LogP contribution is 2.14. The number of anilines is 1. The molecule has 0 bridgehead atoms. The first-order valence-electron chi connectivity index (χ1n) is 8.43. The van der Waals surface area contributed by atoms with Gasteiger partial charge < -0.3 is 10.1 Å². The third kappa shape index (κ3) is 6.53. The summed E-state index contributed by atoms with van der Waals surface area (Å²) in [5.41, 5.74) is 1.92. The number of carbonyl (C=O) groups is 2. The van der Waals surface area contributed by atoms with E-state index in [2.05, 4.69) is 17.1 Å². The molecule has 1 unspecified atom stereocenters. The Morgan fingerprint density at radius 3 is 2.75 bits per heavy atom. The first-order valence-corrected chi connectivity index (χ1v) is 9.58. The van der Waals surface area contributed by atoms with E-state index in [1.54, 1.807) is 0 Å². The fraction of sp³-hybridized carbons (Fsp3) is 0.556. The minimum atomic E-state index is -0.230. The summed E-state index contributed by atoms with van der Waals surface area (Å²) in [4.78, 5) is 26.0. The summed E-state index contributed by atoms with van der Waals surface area (Å²) in [7, 11) is 0. The summed E-state index contributed by atoms with van der Waals surface area (Å²) in [6.07, 6.45) is 1.99. The van der Waals surface area contributed by atoms with Crippen molar-refractivity contribution in [1.82, 2.24) is 4.90 Å². The average molecular weight is 350 g/mol. The van der Waals surface area contributed by atoms with Crippen LogP contribution in [0, 0.1) is 6.92 Å². The van der Waals surface area contributed by atoms with Crippen LogP contribution in [0.2, 0.25) is 0 Å². The molecule has 0 aliphatic carbocycles. The Morgan fingerprint density at radius 1 is 1.29 bits per heavy atom. The number of benzene rings is 1. The van der Waals surface area contributed by atoms with Crippen molar-refractivity contribution < 1.29 is 14.3 Å². The zero-order valence-electron chi connectivity index (χ0n) is 14.4. The predicted molar refractivity (Wildman–Crippen MR) is 98.4 cm³/mol. The third-order valence-electron chi connectivity index (χ3n) is 4.00. The summed E-state index contributed by atoms with van der Waals surface area (Å²) < 4.78 is 5.50. The molecule has 1 atom stereocenters. The molecule has 1 aromatic rings. The predicted octanol–water partition coefficient (Wildman–Crippen LogP) is 2.69. The van der Waals surface area contributed by atoms with Crippen molar-refractivity contribution in [3.8, 4) is 0 Å². The van der Waals surface area contributed by atoms with Crippen LogP contribution in [-0.4, -0.2) is 54.0 Å². The normalized spacial score (nSPS) is 18.2. The molecule has 6 heteroatoms. The second-order valence-electron chi connectivity index (χ2n) is 6.05. The molecule has 132 valence electrons. The second kappa shape index (κ2) is 9.69. The van der Waals surface area contributed by atoms with Crippen molar-refractivity contribution in [2.45, 2.75) is 32.8 Å². The van der Waals surface area contributed by atoms with Crippen LogP contribution in [0.25, 0.3) is 0 Å². The number of likely N-dealkylation sites (N-methyl/N-ethyl adjacent to an activating group) is 1. The molecule has 1 aromatic carbocycles. The van der Waals surface area contributed by atoms with Gasteiger partial charge in [0.05, 0.1) is 11.5 Å². The monoisotopic (exact) mass is 350 g/mol. The summed E-state index contributed by atoms with van der Waals surface area (Å²) >= 11 is 1.29.